The van der Waals surface area contributed by atoms with Crippen LogP contribution in [-0.2, 0) is 9.59 Å². The van der Waals surface area contributed by atoms with Gasteiger partial charge in [-0.3, -0.25) is 9.59 Å². The van der Waals surface area contributed by atoms with Gasteiger partial charge in [0.05, 0.1) is 13.1 Å². The molecular formula is C9H19N3O2. The molecule has 0 spiro atoms. The fourth-order valence-corrected chi connectivity index (χ4v) is 0.814. The summed E-state index contributed by atoms with van der Waals surface area (Å²) in [6.07, 6.45) is 0.941. The van der Waals surface area contributed by atoms with Crippen molar-refractivity contribution in [3.05, 3.63) is 0 Å². The highest BCUT2D eigenvalue weighted by atomic mass is 16.2. The predicted molar refractivity (Wildman–Crippen MR) is 54.5 cm³/mol. The van der Waals surface area contributed by atoms with Crippen LogP contribution in [0.3, 0.4) is 0 Å². The van der Waals surface area contributed by atoms with E-state index in [9.17, 15) is 9.59 Å². The van der Waals surface area contributed by atoms with Crippen molar-refractivity contribution in [2.24, 2.45) is 11.7 Å². The lowest BCUT2D eigenvalue weighted by molar-refractivity contribution is -0.125. The van der Waals surface area contributed by atoms with Crippen LogP contribution in [0.15, 0.2) is 0 Å². The molecule has 14 heavy (non-hydrogen) atoms. The first kappa shape index (κ1) is 12.9. The van der Waals surface area contributed by atoms with Gasteiger partial charge >= 0.3 is 0 Å². The quantitative estimate of drug-likeness (QED) is 0.527. The molecule has 0 saturated carbocycles. The van der Waals surface area contributed by atoms with Crippen LogP contribution in [0, 0.1) is 5.92 Å². The summed E-state index contributed by atoms with van der Waals surface area (Å²) >= 11 is 0. The van der Waals surface area contributed by atoms with E-state index in [1.807, 2.05) is 0 Å². The molecule has 5 heteroatoms. The summed E-state index contributed by atoms with van der Waals surface area (Å²) in [6.45, 7) is 4.74. The van der Waals surface area contributed by atoms with Crippen molar-refractivity contribution >= 4 is 11.8 Å². The number of nitrogens with two attached hydrogens (primary N) is 1. The maximum absolute atomic E-state index is 11.1. The van der Waals surface area contributed by atoms with Crippen molar-refractivity contribution in [1.29, 1.82) is 0 Å². The van der Waals surface area contributed by atoms with Crippen LogP contribution in [-0.4, -0.2) is 31.4 Å². The van der Waals surface area contributed by atoms with Crippen LogP contribution in [0.4, 0.5) is 0 Å². The van der Waals surface area contributed by atoms with Crippen LogP contribution >= 0.6 is 0 Å². The third-order valence-corrected chi connectivity index (χ3v) is 1.68. The van der Waals surface area contributed by atoms with E-state index < -0.39 is 0 Å². The maximum atomic E-state index is 11.1. The summed E-state index contributed by atoms with van der Waals surface area (Å²) in [6, 6.07) is 0. The van der Waals surface area contributed by atoms with Crippen molar-refractivity contribution < 1.29 is 9.59 Å². The van der Waals surface area contributed by atoms with Crippen molar-refractivity contribution in [1.82, 2.24) is 10.6 Å². The third-order valence-electron chi connectivity index (χ3n) is 1.68. The van der Waals surface area contributed by atoms with Gasteiger partial charge < -0.3 is 16.4 Å². The fraction of sp³-hybridized carbons (Fsp3) is 0.778. The van der Waals surface area contributed by atoms with Gasteiger partial charge in [0.2, 0.25) is 11.8 Å². The highest BCUT2D eigenvalue weighted by molar-refractivity contribution is 5.85. The fourth-order valence-electron chi connectivity index (χ4n) is 0.814. The molecule has 4 N–H and O–H groups in total. The Morgan fingerprint density at radius 2 is 1.86 bits per heavy atom. The minimum absolute atomic E-state index is 0.00806. The lowest BCUT2D eigenvalue weighted by Crippen LogP contribution is -2.39. The van der Waals surface area contributed by atoms with Crippen molar-refractivity contribution in [3.63, 3.8) is 0 Å². The van der Waals surface area contributed by atoms with Crippen LogP contribution < -0.4 is 16.4 Å². The molecule has 0 saturated heterocycles. The molecule has 0 aromatic heterocycles. The Bertz CT molecular complexity index is 192. The minimum atomic E-state index is -0.316. The van der Waals surface area contributed by atoms with Gasteiger partial charge in [0.1, 0.15) is 0 Å². The summed E-state index contributed by atoms with van der Waals surface area (Å²) in [5, 5.41) is 5.09. The molecule has 0 unspecified atom stereocenters. The largest absolute Gasteiger partial charge is 0.355 e. The standard InChI is InChI=1S/C9H19N3O2/c1-7(2)3-4-11-9(14)6-12-8(13)5-10/h7H,3-6,10H2,1-2H3,(H,11,14)(H,12,13). The average Bonchev–Trinajstić information content (AvgIpc) is 2.13. The van der Waals surface area contributed by atoms with E-state index in [2.05, 4.69) is 24.5 Å². The topological polar surface area (TPSA) is 84.2 Å². The van der Waals surface area contributed by atoms with Gasteiger partial charge in [0.25, 0.3) is 0 Å². The smallest absolute Gasteiger partial charge is 0.239 e. The molecule has 0 aromatic rings. The first-order chi connectivity index (χ1) is 6.56. The number of carbonyl (C=O) groups is 2. The zero-order valence-electron chi connectivity index (χ0n) is 8.80. The van der Waals surface area contributed by atoms with Gasteiger partial charge in [-0.25, -0.2) is 0 Å². The second-order valence-corrected chi connectivity index (χ2v) is 3.51. The highest BCUT2D eigenvalue weighted by Crippen LogP contribution is 1.95. The van der Waals surface area contributed by atoms with E-state index in [1.54, 1.807) is 0 Å². The monoisotopic (exact) mass is 201 g/mol. The molecule has 0 aliphatic rings. The molecule has 0 aliphatic carbocycles. The molecule has 0 aliphatic heterocycles. The molecule has 0 atom stereocenters. The Morgan fingerprint density at radius 1 is 1.21 bits per heavy atom. The Balaban J connectivity index is 3.42. The second kappa shape index (κ2) is 7.32. The first-order valence-electron chi connectivity index (χ1n) is 4.79. The lowest BCUT2D eigenvalue weighted by atomic mass is 10.1. The first-order valence-corrected chi connectivity index (χ1v) is 4.79. The molecule has 0 fully saturated rings. The number of carbonyl (C=O) groups excluding carboxylic acids is 2. The molecule has 2 amide bonds. The zero-order chi connectivity index (χ0) is 11.0. The molecular weight excluding hydrogens is 182 g/mol. The summed E-state index contributed by atoms with van der Waals surface area (Å²) in [5.74, 6) is 0.0744. The average molecular weight is 201 g/mol. The Morgan fingerprint density at radius 3 is 2.36 bits per heavy atom. The zero-order valence-corrected chi connectivity index (χ0v) is 8.80. The van der Waals surface area contributed by atoms with E-state index in [0.29, 0.717) is 12.5 Å². The number of amides is 2. The van der Waals surface area contributed by atoms with Gasteiger partial charge in [0, 0.05) is 6.54 Å². The van der Waals surface area contributed by atoms with Gasteiger partial charge in [0.15, 0.2) is 0 Å². The molecule has 5 nitrogen and oxygen atoms in total. The molecule has 0 heterocycles. The molecule has 82 valence electrons. The molecule has 0 radical (unpaired) electrons. The predicted octanol–water partition coefficient (Wildman–Crippen LogP) is -0.776. The number of hydrogen-bond donors (Lipinski definition) is 3. The summed E-state index contributed by atoms with van der Waals surface area (Å²) in [4.78, 5) is 21.8. The van der Waals surface area contributed by atoms with Crippen LogP contribution in [0.5, 0.6) is 0 Å². The van der Waals surface area contributed by atoms with E-state index in [-0.39, 0.29) is 24.9 Å². The molecule has 0 aromatic carbocycles. The Hall–Kier alpha value is -1.10. The third kappa shape index (κ3) is 7.54. The van der Waals surface area contributed by atoms with Crippen molar-refractivity contribution in [2.75, 3.05) is 19.6 Å². The SMILES string of the molecule is CC(C)CCNC(=O)CNC(=O)CN. The summed E-state index contributed by atoms with van der Waals surface area (Å²) in [5.41, 5.74) is 5.05. The second-order valence-electron chi connectivity index (χ2n) is 3.51. The van der Waals surface area contributed by atoms with Gasteiger partial charge in [-0.15, -0.1) is 0 Å². The number of hydrogen-bond acceptors (Lipinski definition) is 3. The molecule has 0 rings (SSSR count). The minimum Gasteiger partial charge on any atom is -0.355 e. The van der Waals surface area contributed by atoms with Gasteiger partial charge in [-0.05, 0) is 12.3 Å². The Labute approximate surface area is 84.4 Å². The number of nitrogens with one attached hydrogen (secondary N) is 2. The van der Waals surface area contributed by atoms with E-state index in [4.69, 9.17) is 5.73 Å². The maximum Gasteiger partial charge on any atom is 0.239 e. The van der Waals surface area contributed by atoms with Gasteiger partial charge in [-0.2, -0.15) is 0 Å². The number of rotatable bonds is 6. The van der Waals surface area contributed by atoms with Crippen molar-refractivity contribution in [2.45, 2.75) is 20.3 Å². The van der Waals surface area contributed by atoms with E-state index in [0.717, 1.165) is 6.42 Å². The highest BCUT2D eigenvalue weighted by Gasteiger charge is 2.03. The van der Waals surface area contributed by atoms with Crippen LogP contribution in [0.2, 0.25) is 0 Å². The van der Waals surface area contributed by atoms with Crippen LogP contribution in [0.1, 0.15) is 20.3 Å². The normalized spacial score (nSPS) is 10.0. The van der Waals surface area contributed by atoms with Gasteiger partial charge in [-0.1, -0.05) is 13.8 Å². The Kier molecular flexibility index (Phi) is 6.74. The summed E-state index contributed by atoms with van der Waals surface area (Å²) in [7, 11) is 0. The van der Waals surface area contributed by atoms with E-state index >= 15 is 0 Å². The van der Waals surface area contributed by atoms with Crippen LogP contribution in [0.25, 0.3) is 0 Å². The summed E-state index contributed by atoms with van der Waals surface area (Å²) < 4.78 is 0. The van der Waals surface area contributed by atoms with Crippen molar-refractivity contribution in [3.8, 4) is 0 Å². The lowest BCUT2D eigenvalue weighted by Gasteiger charge is -2.07. The molecule has 0 bridgehead atoms. The van der Waals surface area contributed by atoms with E-state index in [1.165, 1.54) is 0 Å².